The standard InChI is InChI=1S/C17H19N5O4.ClH/c1-9-13(15(23)21(3)17(26)20(9)2)11-5-4-10(8-12(18)16(24)25)22-7-6-19-14(11)22;/h4-7,12H,8,18H2,1-3H3,(H,24,25);1H/t12-;/m0./s1. The summed E-state index contributed by atoms with van der Waals surface area (Å²) in [5, 5.41) is 9.03. The number of pyridine rings is 1. The molecular formula is C17H20ClN5O4. The maximum Gasteiger partial charge on any atom is 0.330 e. The van der Waals surface area contributed by atoms with Crippen LogP contribution in [0.5, 0.6) is 0 Å². The Balaban J connectivity index is 0.00000261. The van der Waals surface area contributed by atoms with Crippen molar-refractivity contribution in [1.29, 1.82) is 0 Å². The Hall–Kier alpha value is -2.91. The number of halogens is 1. The van der Waals surface area contributed by atoms with Gasteiger partial charge in [-0.1, -0.05) is 0 Å². The molecular weight excluding hydrogens is 374 g/mol. The van der Waals surface area contributed by atoms with Crippen molar-refractivity contribution in [2.45, 2.75) is 19.4 Å². The fourth-order valence-corrected chi connectivity index (χ4v) is 3.00. The first kappa shape index (κ1) is 20.4. The van der Waals surface area contributed by atoms with Gasteiger partial charge < -0.3 is 19.8 Å². The van der Waals surface area contributed by atoms with Gasteiger partial charge in [0, 0.05) is 49.9 Å². The summed E-state index contributed by atoms with van der Waals surface area (Å²) >= 11 is 0. The van der Waals surface area contributed by atoms with Crippen LogP contribution in [0.15, 0.2) is 34.1 Å². The predicted octanol–water partition coefficient (Wildman–Crippen LogP) is 0.0833. The van der Waals surface area contributed by atoms with Crippen LogP contribution in [0, 0.1) is 6.92 Å². The summed E-state index contributed by atoms with van der Waals surface area (Å²) in [6, 6.07) is 2.38. The highest BCUT2D eigenvalue weighted by atomic mass is 35.5. The van der Waals surface area contributed by atoms with Gasteiger partial charge in [-0.05, 0) is 19.1 Å². The highest BCUT2D eigenvalue weighted by Gasteiger charge is 2.20. The molecule has 9 nitrogen and oxygen atoms in total. The number of nitrogens with two attached hydrogens (primary N) is 1. The van der Waals surface area contributed by atoms with Gasteiger partial charge >= 0.3 is 11.7 Å². The second-order valence-electron chi connectivity index (χ2n) is 6.17. The minimum Gasteiger partial charge on any atom is -0.480 e. The number of carboxylic acids is 1. The van der Waals surface area contributed by atoms with Gasteiger partial charge in [-0.15, -0.1) is 12.4 Å². The van der Waals surface area contributed by atoms with Crippen molar-refractivity contribution in [3.8, 4) is 11.1 Å². The van der Waals surface area contributed by atoms with E-state index in [2.05, 4.69) is 4.98 Å². The Morgan fingerprint density at radius 1 is 1.26 bits per heavy atom. The van der Waals surface area contributed by atoms with Gasteiger partial charge in [0.1, 0.15) is 11.7 Å². The van der Waals surface area contributed by atoms with E-state index >= 15 is 0 Å². The second kappa shape index (κ2) is 7.37. The van der Waals surface area contributed by atoms with E-state index in [1.165, 1.54) is 11.6 Å². The van der Waals surface area contributed by atoms with E-state index in [9.17, 15) is 14.4 Å². The predicted molar refractivity (Wildman–Crippen MR) is 102 cm³/mol. The number of hydrogen-bond donors (Lipinski definition) is 2. The van der Waals surface area contributed by atoms with Gasteiger partial charge in [0.25, 0.3) is 5.56 Å². The number of fused-ring (bicyclic) bond motifs is 1. The van der Waals surface area contributed by atoms with Crippen LogP contribution in [0.25, 0.3) is 16.8 Å². The molecule has 0 fully saturated rings. The molecule has 10 heteroatoms. The van der Waals surface area contributed by atoms with Crippen molar-refractivity contribution in [3.63, 3.8) is 0 Å². The number of carboxylic acid groups (broad SMARTS) is 1. The summed E-state index contributed by atoms with van der Waals surface area (Å²) in [5.74, 6) is -1.09. The Labute approximate surface area is 160 Å². The Morgan fingerprint density at radius 2 is 1.93 bits per heavy atom. The number of rotatable bonds is 4. The normalized spacial score (nSPS) is 12.0. The third-order valence-electron chi connectivity index (χ3n) is 4.61. The van der Waals surface area contributed by atoms with Crippen molar-refractivity contribution < 1.29 is 9.90 Å². The molecule has 0 spiro atoms. The van der Waals surface area contributed by atoms with E-state index in [0.717, 1.165) is 4.57 Å². The molecule has 144 valence electrons. The first-order valence-corrected chi connectivity index (χ1v) is 7.94. The van der Waals surface area contributed by atoms with Gasteiger partial charge in [-0.25, -0.2) is 9.78 Å². The third kappa shape index (κ3) is 3.26. The first-order valence-electron chi connectivity index (χ1n) is 7.94. The molecule has 0 amide bonds. The topological polar surface area (TPSA) is 125 Å². The molecule has 3 rings (SSSR count). The molecule has 0 aliphatic carbocycles. The van der Waals surface area contributed by atoms with Crippen LogP contribution in [0.4, 0.5) is 0 Å². The summed E-state index contributed by atoms with van der Waals surface area (Å²) in [5.41, 5.74) is 7.45. The van der Waals surface area contributed by atoms with Crippen LogP contribution in [0.3, 0.4) is 0 Å². The minimum absolute atomic E-state index is 0. The highest BCUT2D eigenvalue weighted by Crippen LogP contribution is 2.24. The number of aliphatic carboxylic acids is 1. The molecule has 3 heterocycles. The van der Waals surface area contributed by atoms with Crippen LogP contribution in [0.2, 0.25) is 0 Å². The zero-order valence-corrected chi connectivity index (χ0v) is 15.9. The van der Waals surface area contributed by atoms with Crippen LogP contribution in [0.1, 0.15) is 11.4 Å². The van der Waals surface area contributed by atoms with Crippen molar-refractivity contribution in [1.82, 2.24) is 18.5 Å². The number of aromatic nitrogens is 4. The lowest BCUT2D eigenvalue weighted by molar-refractivity contribution is -0.138. The maximum absolute atomic E-state index is 12.7. The molecule has 3 aromatic heterocycles. The fraction of sp³-hybridized carbons (Fsp3) is 0.294. The summed E-state index contributed by atoms with van der Waals surface area (Å²) in [6.07, 6.45) is 3.37. The summed E-state index contributed by atoms with van der Waals surface area (Å²) in [7, 11) is 3.03. The summed E-state index contributed by atoms with van der Waals surface area (Å²) in [4.78, 5) is 40.1. The van der Waals surface area contributed by atoms with E-state index in [-0.39, 0.29) is 18.8 Å². The molecule has 0 aliphatic heterocycles. The van der Waals surface area contributed by atoms with Crippen molar-refractivity contribution in [2.75, 3.05) is 0 Å². The number of imidazole rings is 1. The van der Waals surface area contributed by atoms with Crippen LogP contribution in [-0.4, -0.2) is 35.6 Å². The van der Waals surface area contributed by atoms with Crippen molar-refractivity contribution >= 4 is 24.0 Å². The SMILES string of the molecule is Cc1c(-c2ccc(C[C@H](N)C(=O)O)n3ccnc23)c(=O)n(C)c(=O)n1C.Cl. The Kier molecular flexibility index (Phi) is 5.57. The molecule has 0 radical (unpaired) electrons. The molecule has 0 saturated heterocycles. The van der Waals surface area contributed by atoms with Crippen molar-refractivity contribution in [3.05, 3.63) is 56.8 Å². The molecule has 0 aliphatic rings. The largest absolute Gasteiger partial charge is 0.480 e. The molecule has 0 unspecified atom stereocenters. The lowest BCUT2D eigenvalue weighted by atomic mass is 10.0. The highest BCUT2D eigenvalue weighted by molar-refractivity contribution is 5.85. The first-order chi connectivity index (χ1) is 12.2. The quantitative estimate of drug-likeness (QED) is 0.647. The number of nitrogens with zero attached hydrogens (tertiary/aromatic N) is 4. The summed E-state index contributed by atoms with van der Waals surface area (Å²) < 4.78 is 4.17. The van der Waals surface area contributed by atoms with E-state index < -0.39 is 23.3 Å². The lowest BCUT2D eigenvalue weighted by Crippen LogP contribution is -2.39. The van der Waals surface area contributed by atoms with Gasteiger partial charge in [0.05, 0.1) is 5.56 Å². The fourth-order valence-electron chi connectivity index (χ4n) is 3.00. The van der Waals surface area contributed by atoms with E-state index in [0.29, 0.717) is 28.2 Å². The van der Waals surface area contributed by atoms with Gasteiger partial charge in [0.15, 0.2) is 0 Å². The molecule has 1 atom stereocenters. The molecule has 0 bridgehead atoms. The van der Waals surface area contributed by atoms with Crippen LogP contribution < -0.4 is 17.0 Å². The van der Waals surface area contributed by atoms with E-state index in [1.54, 1.807) is 42.9 Å². The average Bonchev–Trinajstić information content (AvgIpc) is 3.10. The minimum atomic E-state index is -1.09. The summed E-state index contributed by atoms with van der Waals surface area (Å²) in [6.45, 7) is 1.70. The van der Waals surface area contributed by atoms with Crippen LogP contribution >= 0.6 is 12.4 Å². The molecule has 0 saturated carbocycles. The third-order valence-corrected chi connectivity index (χ3v) is 4.61. The lowest BCUT2D eigenvalue weighted by Gasteiger charge is -2.15. The van der Waals surface area contributed by atoms with E-state index in [1.807, 2.05) is 0 Å². The van der Waals surface area contributed by atoms with Crippen molar-refractivity contribution in [2.24, 2.45) is 19.8 Å². The monoisotopic (exact) mass is 393 g/mol. The molecule has 3 N–H and O–H groups in total. The van der Waals surface area contributed by atoms with Crippen LogP contribution in [-0.2, 0) is 25.3 Å². The zero-order valence-electron chi connectivity index (χ0n) is 15.0. The second-order valence-corrected chi connectivity index (χ2v) is 6.17. The van der Waals surface area contributed by atoms with Gasteiger partial charge in [-0.3, -0.25) is 14.2 Å². The maximum atomic E-state index is 12.7. The smallest absolute Gasteiger partial charge is 0.330 e. The molecule has 0 aromatic carbocycles. The van der Waals surface area contributed by atoms with Gasteiger partial charge in [0.2, 0.25) is 0 Å². The number of hydrogen-bond acceptors (Lipinski definition) is 5. The molecule has 3 aromatic rings. The Morgan fingerprint density at radius 3 is 2.56 bits per heavy atom. The van der Waals surface area contributed by atoms with Gasteiger partial charge in [-0.2, -0.15) is 0 Å². The average molecular weight is 394 g/mol. The molecule has 27 heavy (non-hydrogen) atoms. The zero-order chi connectivity index (χ0) is 19.2. The van der Waals surface area contributed by atoms with E-state index in [4.69, 9.17) is 10.8 Å². The Bertz CT molecular complexity index is 1140. The number of carbonyl (C=O) groups is 1.